The first kappa shape index (κ1) is 23.1. The van der Waals surface area contributed by atoms with Crippen molar-refractivity contribution in [1.82, 2.24) is 0 Å². The molecule has 38 heavy (non-hydrogen) atoms. The van der Waals surface area contributed by atoms with Gasteiger partial charge in [-0.1, -0.05) is 54.6 Å². The van der Waals surface area contributed by atoms with Crippen molar-refractivity contribution in [2.75, 3.05) is 5.32 Å². The van der Waals surface area contributed by atoms with E-state index in [0.29, 0.717) is 50.5 Å². The van der Waals surface area contributed by atoms with Crippen LogP contribution in [0, 0.1) is 0 Å². The Kier molecular flexibility index (Phi) is 5.86. The second-order valence-electron chi connectivity index (χ2n) is 8.90. The zero-order chi connectivity index (χ0) is 26.1. The Morgan fingerprint density at radius 2 is 1.08 bits per heavy atom. The first-order valence-electron chi connectivity index (χ1n) is 12.1. The van der Waals surface area contributed by atoms with Crippen LogP contribution in [0.5, 0.6) is 11.5 Å². The summed E-state index contributed by atoms with van der Waals surface area (Å²) in [5, 5.41) is 3.25. The summed E-state index contributed by atoms with van der Waals surface area (Å²) >= 11 is 0. The van der Waals surface area contributed by atoms with Crippen LogP contribution in [-0.4, -0.2) is 17.3 Å². The van der Waals surface area contributed by atoms with E-state index in [9.17, 15) is 14.4 Å². The Bertz CT molecular complexity index is 1690. The zero-order valence-corrected chi connectivity index (χ0v) is 20.2. The Hall–Kier alpha value is -5.29. The van der Waals surface area contributed by atoms with Crippen LogP contribution in [0.25, 0.3) is 0 Å². The molecule has 0 unspecified atom stereocenters. The average molecular weight is 496 g/mol. The van der Waals surface area contributed by atoms with Crippen LogP contribution in [0.3, 0.4) is 0 Å². The summed E-state index contributed by atoms with van der Waals surface area (Å²) in [6, 6.07) is 35.6. The van der Waals surface area contributed by atoms with Gasteiger partial charge in [-0.3, -0.25) is 14.4 Å². The number of carbonyl (C=O) groups is 3. The highest BCUT2D eigenvalue weighted by Gasteiger charge is 2.31. The monoisotopic (exact) mass is 495 g/mol. The van der Waals surface area contributed by atoms with Crippen LogP contribution in [0.15, 0.2) is 121 Å². The van der Waals surface area contributed by atoms with Gasteiger partial charge in [-0.25, -0.2) is 0 Å². The first-order valence-corrected chi connectivity index (χ1v) is 12.1. The van der Waals surface area contributed by atoms with E-state index in [4.69, 9.17) is 4.74 Å². The van der Waals surface area contributed by atoms with Gasteiger partial charge in [0.05, 0.1) is 11.3 Å². The maximum atomic E-state index is 13.2. The van der Waals surface area contributed by atoms with Gasteiger partial charge in [-0.15, -0.1) is 0 Å². The molecule has 0 spiro atoms. The number of hydrogen-bond acceptors (Lipinski definition) is 5. The smallest absolute Gasteiger partial charge is 0.196 e. The van der Waals surface area contributed by atoms with E-state index in [1.807, 2.05) is 30.3 Å². The molecule has 0 heterocycles. The molecule has 0 saturated heterocycles. The van der Waals surface area contributed by atoms with Crippen molar-refractivity contribution in [2.24, 2.45) is 0 Å². The standard InChI is InChI=1S/C33H21NO4/c35-31(22-15-19-25(20-16-22)38-24-7-2-1-3-8-24)21-13-17-23(18-14-21)34-29-12-6-11-28-30(29)33(37)27-10-5-4-9-26(27)32(28)36/h1-20,34H. The molecular formula is C33H21NO4. The predicted octanol–water partition coefficient (Wildman–Crippen LogP) is 7.23. The number of benzene rings is 5. The highest BCUT2D eigenvalue weighted by molar-refractivity contribution is 6.30. The van der Waals surface area contributed by atoms with Gasteiger partial charge in [-0.2, -0.15) is 0 Å². The van der Waals surface area contributed by atoms with Crippen molar-refractivity contribution in [3.63, 3.8) is 0 Å². The Labute approximate surface area is 219 Å². The molecule has 0 atom stereocenters. The molecule has 1 N–H and O–H groups in total. The molecule has 0 bridgehead atoms. The van der Waals surface area contributed by atoms with Crippen molar-refractivity contribution in [1.29, 1.82) is 0 Å². The number of nitrogens with one attached hydrogen (secondary N) is 1. The summed E-state index contributed by atoms with van der Waals surface area (Å²) < 4.78 is 5.80. The van der Waals surface area contributed by atoms with E-state index >= 15 is 0 Å². The minimum Gasteiger partial charge on any atom is -0.457 e. The molecule has 0 amide bonds. The Balaban J connectivity index is 1.20. The van der Waals surface area contributed by atoms with Crippen LogP contribution in [-0.2, 0) is 0 Å². The summed E-state index contributed by atoms with van der Waals surface area (Å²) in [6.45, 7) is 0. The van der Waals surface area contributed by atoms with Crippen molar-refractivity contribution >= 4 is 28.7 Å². The lowest BCUT2D eigenvalue weighted by Gasteiger charge is -2.20. The van der Waals surface area contributed by atoms with Gasteiger partial charge in [0.1, 0.15) is 11.5 Å². The number of carbonyl (C=O) groups excluding carboxylic acids is 3. The molecule has 1 aliphatic rings. The van der Waals surface area contributed by atoms with Gasteiger partial charge >= 0.3 is 0 Å². The molecule has 5 nitrogen and oxygen atoms in total. The highest BCUT2D eigenvalue weighted by Crippen LogP contribution is 2.33. The lowest BCUT2D eigenvalue weighted by molar-refractivity contribution is 0.0979. The van der Waals surface area contributed by atoms with Crippen LogP contribution < -0.4 is 10.1 Å². The molecule has 1 aliphatic carbocycles. The topological polar surface area (TPSA) is 72.5 Å². The summed E-state index contributed by atoms with van der Waals surface area (Å²) in [7, 11) is 0. The molecule has 182 valence electrons. The Morgan fingerprint density at radius 1 is 0.526 bits per heavy atom. The van der Waals surface area contributed by atoms with Gasteiger partial charge in [0.15, 0.2) is 17.3 Å². The number of ketones is 3. The summed E-state index contributed by atoms with van der Waals surface area (Å²) in [5.41, 5.74) is 3.88. The molecular weight excluding hydrogens is 474 g/mol. The quantitative estimate of drug-likeness (QED) is 0.247. The van der Waals surface area contributed by atoms with E-state index in [-0.39, 0.29) is 17.3 Å². The summed E-state index contributed by atoms with van der Waals surface area (Å²) in [6.07, 6.45) is 0. The molecule has 5 heteroatoms. The van der Waals surface area contributed by atoms with E-state index in [1.165, 1.54) is 0 Å². The fourth-order valence-corrected chi connectivity index (χ4v) is 4.58. The third kappa shape index (κ3) is 4.27. The van der Waals surface area contributed by atoms with Crippen LogP contribution in [0.2, 0.25) is 0 Å². The first-order chi connectivity index (χ1) is 18.6. The number of para-hydroxylation sites is 1. The molecule has 0 aromatic heterocycles. The maximum Gasteiger partial charge on any atom is 0.196 e. The van der Waals surface area contributed by atoms with Gasteiger partial charge in [-0.05, 0) is 66.7 Å². The minimum absolute atomic E-state index is 0.114. The van der Waals surface area contributed by atoms with Crippen molar-refractivity contribution < 1.29 is 19.1 Å². The van der Waals surface area contributed by atoms with Crippen molar-refractivity contribution in [3.05, 3.63) is 155 Å². The second kappa shape index (κ2) is 9.64. The van der Waals surface area contributed by atoms with Gasteiger partial charge in [0.2, 0.25) is 0 Å². The molecule has 6 rings (SSSR count). The summed E-state index contributed by atoms with van der Waals surface area (Å²) in [4.78, 5) is 39.3. The van der Waals surface area contributed by atoms with Gasteiger partial charge < -0.3 is 10.1 Å². The number of anilines is 2. The summed E-state index contributed by atoms with van der Waals surface area (Å²) in [5.74, 6) is 0.904. The van der Waals surface area contributed by atoms with E-state index in [1.54, 1.807) is 91.0 Å². The van der Waals surface area contributed by atoms with E-state index in [0.717, 1.165) is 5.75 Å². The average Bonchev–Trinajstić information content (AvgIpc) is 2.97. The van der Waals surface area contributed by atoms with Crippen LogP contribution in [0.1, 0.15) is 47.8 Å². The van der Waals surface area contributed by atoms with Crippen LogP contribution >= 0.6 is 0 Å². The number of fused-ring (bicyclic) bond motifs is 2. The predicted molar refractivity (Wildman–Crippen MR) is 146 cm³/mol. The number of rotatable bonds is 6. The maximum absolute atomic E-state index is 13.2. The van der Waals surface area contributed by atoms with Crippen molar-refractivity contribution in [2.45, 2.75) is 0 Å². The molecule has 0 radical (unpaired) electrons. The molecule has 5 aromatic rings. The lowest BCUT2D eigenvalue weighted by atomic mass is 9.83. The SMILES string of the molecule is O=C(c1ccc(Nc2cccc3c2C(=O)c2ccccc2C3=O)cc1)c1ccc(Oc2ccccc2)cc1. The van der Waals surface area contributed by atoms with E-state index in [2.05, 4.69) is 5.32 Å². The van der Waals surface area contributed by atoms with Crippen LogP contribution in [0.4, 0.5) is 11.4 Å². The van der Waals surface area contributed by atoms with Gasteiger partial charge in [0, 0.05) is 33.5 Å². The third-order valence-electron chi connectivity index (χ3n) is 6.47. The highest BCUT2D eigenvalue weighted by atomic mass is 16.5. The molecule has 5 aromatic carbocycles. The second-order valence-corrected chi connectivity index (χ2v) is 8.90. The fourth-order valence-electron chi connectivity index (χ4n) is 4.58. The minimum atomic E-state index is -0.190. The molecule has 0 saturated carbocycles. The Morgan fingerprint density at radius 3 is 1.76 bits per heavy atom. The fraction of sp³-hybridized carbons (Fsp3) is 0. The number of hydrogen-bond donors (Lipinski definition) is 1. The van der Waals surface area contributed by atoms with E-state index < -0.39 is 0 Å². The normalized spacial score (nSPS) is 11.9. The lowest BCUT2D eigenvalue weighted by Crippen LogP contribution is -2.22. The van der Waals surface area contributed by atoms with Gasteiger partial charge in [0.25, 0.3) is 0 Å². The molecule has 0 fully saturated rings. The van der Waals surface area contributed by atoms with Crippen molar-refractivity contribution in [3.8, 4) is 11.5 Å². The zero-order valence-electron chi connectivity index (χ0n) is 20.2. The molecule has 0 aliphatic heterocycles. The number of ether oxygens (including phenoxy) is 1. The largest absolute Gasteiger partial charge is 0.457 e. The third-order valence-corrected chi connectivity index (χ3v) is 6.47.